The first-order valence-electron chi connectivity index (χ1n) is 8.57. The first kappa shape index (κ1) is 18.6. The van der Waals surface area contributed by atoms with Gasteiger partial charge in [0.05, 0.1) is 5.69 Å². The first-order valence-corrected chi connectivity index (χ1v) is 8.57. The van der Waals surface area contributed by atoms with Crippen molar-refractivity contribution in [2.24, 2.45) is 0 Å². The second-order valence-corrected chi connectivity index (χ2v) is 6.11. The van der Waals surface area contributed by atoms with Crippen molar-refractivity contribution in [3.63, 3.8) is 0 Å². The number of aromatic nitrogens is 2. The largest absolute Gasteiger partial charge is 0.507 e. The van der Waals surface area contributed by atoms with Crippen molar-refractivity contribution in [1.82, 2.24) is 15.1 Å². The molecule has 3 aromatic rings. The number of halogens is 1. The smallest absolute Gasteiger partial charge is 0.272 e. The van der Waals surface area contributed by atoms with Crippen LogP contribution in [0.3, 0.4) is 0 Å². The van der Waals surface area contributed by atoms with E-state index >= 15 is 0 Å². The van der Waals surface area contributed by atoms with Crippen LogP contribution in [0.2, 0.25) is 0 Å². The molecule has 1 amide bonds. The molecule has 0 saturated heterocycles. The number of aliphatic hydroxyl groups is 1. The fourth-order valence-corrected chi connectivity index (χ4v) is 2.75. The first-order chi connectivity index (χ1) is 13.1. The van der Waals surface area contributed by atoms with E-state index in [1.807, 2.05) is 0 Å². The summed E-state index contributed by atoms with van der Waals surface area (Å²) in [5, 5.41) is 25.9. The molecule has 1 heterocycles. The lowest BCUT2D eigenvalue weighted by Crippen LogP contribution is -2.32. The number of amides is 1. The summed E-state index contributed by atoms with van der Waals surface area (Å²) in [7, 11) is 0. The van der Waals surface area contributed by atoms with E-state index in [4.69, 9.17) is 5.11 Å². The molecule has 0 spiro atoms. The molecule has 1 aromatic heterocycles. The van der Waals surface area contributed by atoms with E-state index < -0.39 is 0 Å². The van der Waals surface area contributed by atoms with Crippen molar-refractivity contribution < 1.29 is 19.4 Å². The summed E-state index contributed by atoms with van der Waals surface area (Å²) in [5.74, 6) is -0.554. The maximum absolute atomic E-state index is 13.1. The van der Waals surface area contributed by atoms with Crippen molar-refractivity contribution in [3.05, 3.63) is 71.7 Å². The zero-order valence-corrected chi connectivity index (χ0v) is 14.6. The Bertz CT molecular complexity index is 909. The number of carbonyl (C=O) groups excluding carboxylic acids is 1. The highest BCUT2D eigenvalue weighted by Crippen LogP contribution is 2.27. The van der Waals surface area contributed by atoms with Gasteiger partial charge in [-0.05, 0) is 42.3 Å². The number of nitrogens with zero attached hydrogens (tertiary/aromatic N) is 2. The third kappa shape index (κ3) is 4.51. The third-order valence-electron chi connectivity index (χ3n) is 4.15. The summed E-state index contributed by atoms with van der Waals surface area (Å²) in [6.07, 6.45) is 0.424. The number of aromatic hydroxyl groups is 1. The number of para-hydroxylation sites is 1. The van der Waals surface area contributed by atoms with Gasteiger partial charge in [0.15, 0.2) is 0 Å². The van der Waals surface area contributed by atoms with Crippen LogP contribution in [0.25, 0.3) is 11.3 Å². The molecule has 6 nitrogen and oxygen atoms in total. The number of rotatable bonds is 7. The molecule has 0 atom stereocenters. The topological polar surface area (TPSA) is 89.4 Å². The summed E-state index contributed by atoms with van der Waals surface area (Å²) >= 11 is 0. The van der Waals surface area contributed by atoms with Crippen LogP contribution in [0, 0.1) is 5.82 Å². The molecule has 0 radical (unpaired) electrons. The number of aromatic amines is 1. The standard InChI is InChI=1S/C20H20FN3O3/c21-15-8-6-14(7-9-15)13-24(10-3-11-25)20(27)18-12-17(22-23-18)16-4-1-2-5-19(16)26/h1-2,4-9,12,25-26H,3,10-11,13H2,(H,22,23). The van der Waals surface area contributed by atoms with E-state index in [1.54, 1.807) is 47.4 Å². The minimum atomic E-state index is -0.340. The van der Waals surface area contributed by atoms with Gasteiger partial charge in [-0.2, -0.15) is 5.10 Å². The predicted molar refractivity (Wildman–Crippen MR) is 98.5 cm³/mol. The summed E-state index contributed by atoms with van der Waals surface area (Å²) < 4.78 is 13.1. The van der Waals surface area contributed by atoms with Crippen molar-refractivity contribution >= 4 is 5.91 Å². The molecule has 3 N–H and O–H groups in total. The quantitative estimate of drug-likeness (QED) is 0.597. The molecule has 3 rings (SSSR count). The highest BCUT2D eigenvalue weighted by Gasteiger charge is 2.19. The van der Waals surface area contributed by atoms with Gasteiger partial charge in [0.1, 0.15) is 17.3 Å². The third-order valence-corrected chi connectivity index (χ3v) is 4.15. The Balaban J connectivity index is 1.81. The van der Waals surface area contributed by atoms with E-state index in [1.165, 1.54) is 12.1 Å². The molecule has 0 aliphatic rings. The van der Waals surface area contributed by atoms with Crippen LogP contribution < -0.4 is 0 Å². The van der Waals surface area contributed by atoms with Gasteiger partial charge in [0, 0.05) is 25.3 Å². The van der Waals surface area contributed by atoms with Crippen LogP contribution in [0.15, 0.2) is 54.6 Å². The number of carbonyl (C=O) groups is 1. The van der Waals surface area contributed by atoms with Crippen LogP contribution in [0.4, 0.5) is 4.39 Å². The van der Waals surface area contributed by atoms with Crippen LogP contribution in [0.5, 0.6) is 5.75 Å². The number of benzene rings is 2. The van der Waals surface area contributed by atoms with Crippen molar-refractivity contribution in [2.45, 2.75) is 13.0 Å². The lowest BCUT2D eigenvalue weighted by molar-refractivity contribution is 0.0726. The second kappa shape index (κ2) is 8.46. The molecule has 2 aromatic carbocycles. The lowest BCUT2D eigenvalue weighted by atomic mass is 10.1. The van der Waals surface area contributed by atoms with E-state index in [0.717, 1.165) is 5.56 Å². The molecular weight excluding hydrogens is 349 g/mol. The maximum Gasteiger partial charge on any atom is 0.272 e. The fraction of sp³-hybridized carbons (Fsp3) is 0.200. The lowest BCUT2D eigenvalue weighted by Gasteiger charge is -2.21. The van der Waals surface area contributed by atoms with E-state index in [9.17, 15) is 14.3 Å². The SMILES string of the molecule is O=C(c1cc(-c2ccccc2O)n[nH]1)N(CCCO)Cc1ccc(F)cc1. The number of aliphatic hydroxyl groups excluding tert-OH is 1. The van der Waals surface area contributed by atoms with Gasteiger partial charge in [-0.15, -0.1) is 0 Å². The molecule has 7 heteroatoms. The highest BCUT2D eigenvalue weighted by atomic mass is 19.1. The number of hydrogen-bond acceptors (Lipinski definition) is 4. The zero-order chi connectivity index (χ0) is 19.2. The van der Waals surface area contributed by atoms with E-state index in [-0.39, 0.29) is 36.3 Å². The Hall–Kier alpha value is -3.19. The summed E-state index contributed by atoms with van der Waals surface area (Å²) in [4.78, 5) is 14.4. The van der Waals surface area contributed by atoms with Crippen LogP contribution >= 0.6 is 0 Å². The van der Waals surface area contributed by atoms with Crippen LogP contribution in [0.1, 0.15) is 22.5 Å². The Morgan fingerprint density at radius 3 is 2.59 bits per heavy atom. The monoisotopic (exact) mass is 369 g/mol. The minimum absolute atomic E-state index is 0.0423. The average molecular weight is 369 g/mol. The Morgan fingerprint density at radius 2 is 1.89 bits per heavy atom. The van der Waals surface area contributed by atoms with Crippen LogP contribution in [-0.4, -0.2) is 44.4 Å². The maximum atomic E-state index is 13.1. The van der Waals surface area contributed by atoms with Crippen LogP contribution in [-0.2, 0) is 6.54 Å². The van der Waals surface area contributed by atoms with E-state index in [0.29, 0.717) is 24.2 Å². The average Bonchev–Trinajstić information content (AvgIpc) is 3.16. The van der Waals surface area contributed by atoms with Crippen molar-refractivity contribution in [2.75, 3.05) is 13.2 Å². The Labute approximate surface area is 155 Å². The normalized spacial score (nSPS) is 10.7. The summed E-state index contributed by atoms with van der Waals surface area (Å²) in [5.41, 5.74) is 2.03. The van der Waals surface area contributed by atoms with Gasteiger partial charge in [-0.3, -0.25) is 9.89 Å². The van der Waals surface area contributed by atoms with Crippen molar-refractivity contribution in [1.29, 1.82) is 0 Å². The molecule has 0 aliphatic carbocycles. The number of hydrogen-bond donors (Lipinski definition) is 3. The number of phenolic OH excluding ortho intramolecular Hbond substituents is 1. The number of phenols is 1. The molecule has 0 unspecified atom stereocenters. The van der Waals surface area contributed by atoms with Gasteiger partial charge in [-0.25, -0.2) is 4.39 Å². The van der Waals surface area contributed by atoms with Gasteiger partial charge in [-0.1, -0.05) is 24.3 Å². The highest BCUT2D eigenvalue weighted by molar-refractivity contribution is 5.93. The van der Waals surface area contributed by atoms with Gasteiger partial charge in [0.25, 0.3) is 5.91 Å². The van der Waals surface area contributed by atoms with Crippen molar-refractivity contribution in [3.8, 4) is 17.0 Å². The van der Waals surface area contributed by atoms with Gasteiger partial charge >= 0.3 is 0 Å². The molecule has 27 heavy (non-hydrogen) atoms. The molecule has 0 aliphatic heterocycles. The van der Waals surface area contributed by atoms with Gasteiger partial charge < -0.3 is 15.1 Å². The Morgan fingerprint density at radius 1 is 1.15 bits per heavy atom. The fourth-order valence-electron chi connectivity index (χ4n) is 2.75. The molecule has 0 bridgehead atoms. The summed E-state index contributed by atoms with van der Waals surface area (Å²) in [6.45, 7) is 0.584. The zero-order valence-electron chi connectivity index (χ0n) is 14.6. The predicted octanol–water partition coefficient (Wildman–Crippen LogP) is 2.95. The second-order valence-electron chi connectivity index (χ2n) is 6.11. The molecular formula is C20H20FN3O3. The molecule has 0 saturated carbocycles. The number of H-pyrrole nitrogens is 1. The molecule has 0 fully saturated rings. The molecule has 140 valence electrons. The Kier molecular flexibility index (Phi) is 5.83. The van der Waals surface area contributed by atoms with Gasteiger partial charge in [0.2, 0.25) is 0 Å². The van der Waals surface area contributed by atoms with E-state index in [2.05, 4.69) is 10.2 Å². The summed E-state index contributed by atoms with van der Waals surface area (Å²) in [6, 6.07) is 14.2. The number of nitrogens with one attached hydrogen (secondary N) is 1. The minimum Gasteiger partial charge on any atom is -0.507 e.